The molecule has 0 radical (unpaired) electrons. The maximum absolute atomic E-state index is 12.6. The summed E-state index contributed by atoms with van der Waals surface area (Å²) >= 11 is 1.53. The van der Waals surface area contributed by atoms with Crippen molar-refractivity contribution >= 4 is 21.6 Å². The molecule has 0 N–H and O–H groups in total. The first-order valence-corrected chi connectivity index (χ1v) is 9.29. The van der Waals surface area contributed by atoms with E-state index < -0.39 is 9.84 Å². The van der Waals surface area contributed by atoms with E-state index in [0.717, 1.165) is 4.90 Å². The lowest BCUT2D eigenvalue weighted by molar-refractivity contribution is 0.389. The van der Waals surface area contributed by atoms with Gasteiger partial charge in [0.15, 0.2) is 9.84 Å². The van der Waals surface area contributed by atoms with Crippen molar-refractivity contribution in [3.63, 3.8) is 0 Å². The second kappa shape index (κ2) is 5.85. The minimum Gasteiger partial charge on any atom is -0.496 e. The Morgan fingerprint density at radius 1 is 1.00 bits per heavy atom. The van der Waals surface area contributed by atoms with Crippen LogP contribution in [0.1, 0.15) is 10.8 Å². The molecule has 0 amide bonds. The number of fused-ring (bicyclic) bond motifs is 1. The van der Waals surface area contributed by atoms with Crippen molar-refractivity contribution in [2.24, 2.45) is 0 Å². The van der Waals surface area contributed by atoms with Crippen molar-refractivity contribution in [2.75, 3.05) is 20.0 Å². The molecular weight excluding hydrogens is 320 g/mol. The van der Waals surface area contributed by atoms with Gasteiger partial charge >= 0.3 is 0 Å². The summed E-state index contributed by atoms with van der Waals surface area (Å²) in [7, 11) is -0.342. The Labute approximate surface area is 134 Å². The van der Waals surface area contributed by atoms with Crippen LogP contribution in [0.5, 0.6) is 11.5 Å². The van der Waals surface area contributed by atoms with Crippen molar-refractivity contribution < 1.29 is 17.9 Å². The van der Waals surface area contributed by atoms with Crippen LogP contribution in [-0.4, -0.2) is 28.4 Å². The molecule has 116 valence electrons. The first-order chi connectivity index (χ1) is 10.6. The Morgan fingerprint density at radius 3 is 2.27 bits per heavy atom. The third kappa shape index (κ3) is 2.57. The molecule has 6 heteroatoms. The zero-order valence-corrected chi connectivity index (χ0v) is 13.9. The molecule has 0 aliphatic carbocycles. The quantitative estimate of drug-likeness (QED) is 0.857. The fraction of sp³-hybridized carbons (Fsp3) is 0.250. The lowest BCUT2D eigenvalue weighted by atomic mass is 10.1. The number of sulfone groups is 1. The molecule has 0 aromatic heterocycles. The smallest absolute Gasteiger partial charge is 0.183 e. The summed E-state index contributed by atoms with van der Waals surface area (Å²) in [6.45, 7) is 0. The standard InChI is InChI=1S/C16H16O4S2/c1-19-12-8-9-13(20-2)16-15(12)14(10-22(16,17)18)21-11-6-4-3-5-7-11/h3-9,14H,10H2,1-2H3. The summed E-state index contributed by atoms with van der Waals surface area (Å²) in [6.07, 6.45) is 0. The number of hydrogen-bond donors (Lipinski definition) is 0. The van der Waals surface area contributed by atoms with Gasteiger partial charge in [0.1, 0.15) is 16.4 Å². The van der Waals surface area contributed by atoms with Crippen LogP contribution in [0, 0.1) is 0 Å². The van der Waals surface area contributed by atoms with E-state index in [-0.39, 0.29) is 15.9 Å². The van der Waals surface area contributed by atoms with Crippen LogP contribution in [-0.2, 0) is 9.84 Å². The molecule has 0 saturated carbocycles. The van der Waals surface area contributed by atoms with E-state index in [2.05, 4.69) is 0 Å². The van der Waals surface area contributed by atoms with Crippen LogP contribution in [0.4, 0.5) is 0 Å². The van der Waals surface area contributed by atoms with E-state index >= 15 is 0 Å². The van der Waals surface area contributed by atoms with Gasteiger partial charge in [0.05, 0.1) is 25.2 Å². The van der Waals surface area contributed by atoms with Gasteiger partial charge in [0.25, 0.3) is 0 Å². The highest BCUT2D eigenvalue weighted by Crippen LogP contribution is 2.51. The number of methoxy groups -OCH3 is 2. The molecule has 2 aromatic rings. The van der Waals surface area contributed by atoms with Crippen LogP contribution in [0.15, 0.2) is 52.3 Å². The lowest BCUT2D eigenvalue weighted by Crippen LogP contribution is -2.02. The summed E-state index contributed by atoms with van der Waals surface area (Å²) in [4.78, 5) is 1.29. The fourth-order valence-electron chi connectivity index (χ4n) is 2.65. The molecule has 2 aromatic carbocycles. The topological polar surface area (TPSA) is 52.6 Å². The average molecular weight is 336 g/mol. The normalized spacial score (nSPS) is 18.7. The molecule has 0 spiro atoms. The predicted molar refractivity (Wildman–Crippen MR) is 86.6 cm³/mol. The summed E-state index contributed by atoms with van der Waals surface area (Å²) in [6, 6.07) is 13.2. The summed E-state index contributed by atoms with van der Waals surface area (Å²) < 4.78 is 35.7. The van der Waals surface area contributed by atoms with Crippen molar-refractivity contribution in [3.8, 4) is 11.5 Å². The zero-order chi connectivity index (χ0) is 15.7. The SMILES string of the molecule is COc1ccc(OC)c2c1C(Sc1ccccc1)CS2(=O)=O. The Morgan fingerprint density at radius 2 is 1.64 bits per heavy atom. The number of benzene rings is 2. The van der Waals surface area contributed by atoms with Gasteiger partial charge in [-0.05, 0) is 24.3 Å². The molecule has 3 rings (SSSR count). The van der Waals surface area contributed by atoms with Gasteiger partial charge < -0.3 is 9.47 Å². The first-order valence-electron chi connectivity index (χ1n) is 6.76. The van der Waals surface area contributed by atoms with Crippen LogP contribution in [0.2, 0.25) is 0 Å². The van der Waals surface area contributed by atoms with Crippen LogP contribution in [0.25, 0.3) is 0 Å². The monoisotopic (exact) mass is 336 g/mol. The highest BCUT2D eigenvalue weighted by Gasteiger charge is 2.40. The van der Waals surface area contributed by atoms with Gasteiger partial charge in [-0.15, -0.1) is 11.8 Å². The molecule has 4 nitrogen and oxygen atoms in total. The van der Waals surface area contributed by atoms with Crippen LogP contribution in [0.3, 0.4) is 0 Å². The highest BCUT2D eigenvalue weighted by atomic mass is 32.2. The lowest BCUT2D eigenvalue weighted by Gasteiger charge is -2.14. The van der Waals surface area contributed by atoms with Gasteiger partial charge in [0.2, 0.25) is 0 Å². The second-order valence-electron chi connectivity index (χ2n) is 4.91. The number of ether oxygens (including phenoxy) is 2. The predicted octanol–water partition coefficient (Wildman–Crippen LogP) is 3.32. The number of rotatable bonds is 4. The van der Waals surface area contributed by atoms with E-state index in [9.17, 15) is 8.42 Å². The zero-order valence-electron chi connectivity index (χ0n) is 12.3. The minimum absolute atomic E-state index is 0.0542. The van der Waals surface area contributed by atoms with E-state index in [4.69, 9.17) is 9.47 Å². The molecule has 1 aliphatic heterocycles. The highest BCUT2D eigenvalue weighted by molar-refractivity contribution is 8.01. The maximum Gasteiger partial charge on any atom is 0.183 e. The van der Waals surface area contributed by atoms with Crippen LogP contribution >= 0.6 is 11.8 Å². The van der Waals surface area contributed by atoms with Gasteiger partial charge in [-0.3, -0.25) is 0 Å². The first kappa shape index (κ1) is 15.2. The Kier molecular flexibility index (Phi) is 4.06. The average Bonchev–Trinajstić information content (AvgIpc) is 2.79. The minimum atomic E-state index is -3.38. The molecule has 1 atom stereocenters. The van der Waals surface area contributed by atoms with Crippen LogP contribution < -0.4 is 9.47 Å². The van der Waals surface area contributed by atoms with E-state index in [1.165, 1.54) is 18.9 Å². The Hall–Kier alpha value is -1.66. The Balaban J connectivity index is 2.12. The summed E-state index contributed by atoms with van der Waals surface area (Å²) in [5.41, 5.74) is 0.704. The van der Waals surface area contributed by atoms with E-state index in [1.54, 1.807) is 19.2 Å². The molecule has 22 heavy (non-hydrogen) atoms. The molecule has 1 aliphatic rings. The second-order valence-corrected chi connectivity index (χ2v) is 8.16. The molecular formula is C16H16O4S2. The molecule has 1 unspecified atom stereocenters. The van der Waals surface area contributed by atoms with Gasteiger partial charge in [-0.2, -0.15) is 0 Å². The Bertz CT molecular complexity index is 785. The molecule has 0 fully saturated rings. The fourth-order valence-corrected chi connectivity index (χ4v) is 6.29. The van der Waals surface area contributed by atoms with E-state index in [0.29, 0.717) is 17.1 Å². The van der Waals surface area contributed by atoms with Crippen molar-refractivity contribution in [2.45, 2.75) is 15.0 Å². The van der Waals surface area contributed by atoms with Gasteiger partial charge in [-0.1, -0.05) is 18.2 Å². The van der Waals surface area contributed by atoms with Gasteiger partial charge in [-0.25, -0.2) is 8.42 Å². The number of thioether (sulfide) groups is 1. The van der Waals surface area contributed by atoms with Crippen molar-refractivity contribution in [1.82, 2.24) is 0 Å². The number of hydrogen-bond acceptors (Lipinski definition) is 5. The maximum atomic E-state index is 12.6. The largest absolute Gasteiger partial charge is 0.496 e. The van der Waals surface area contributed by atoms with Gasteiger partial charge in [0, 0.05) is 10.5 Å². The van der Waals surface area contributed by atoms with Crippen molar-refractivity contribution in [1.29, 1.82) is 0 Å². The molecule has 0 bridgehead atoms. The summed E-state index contributed by atoms with van der Waals surface area (Å²) in [5, 5.41) is -0.201. The molecule has 0 saturated heterocycles. The van der Waals surface area contributed by atoms with Crippen molar-refractivity contribution in [3.05, 3.63) is 48.0 Å². The van der Waals surface area contributed by atoms with E-state index in [1.807, 2.05) is 30.3 Å². The molecule has 1 heterocycles. The third-order valence-electron chi connectivity index (χ3n) is 3.59. The summed E-state index contributed by atoms with van der Waals surface area (Å²) in [5.74, 6) is 1.02. The third-order valence-corrected chi connectivity index (χ3v) is 6.84.